The molecule has 2 aromatic carbocycles. The predicted octanol–water partition coefficient (Wildman–Crippen LogP) is 2.57. The maximum absolute atomic E-state index is 13.0. The molecule has 0 saturated carbocycles. The molecule has 0 spiro atoms. The predicted molar refractivity (Wildman–Crippen MR) is 113 cm³/mol. The maximum Gasteiger partial charge on any atom is 0.260 e. The molecule has 3 aromatic rings. The standard InChI is InChI=1S/C23H23FN4O4/c1-15-26-27-23(32-15)20-13-28(21(29)14-31-19-9-7-18(24)8-10-19)12-17(20)11-25-22(30)16-5-3-2-4-6-16/h2-10,17,20H,11-14H2,1H3,(H,25,30)/t17-,20-/m0/s1. The van der Waals surface area contributed by atoms with Crippen LogP contribution in [0.1, 0.15) is 28.1 Å². The zero-order valence-corrected chi connectivity index (χ0v) is 17.5. The fourth-order valence-electron chi connectivity index (χ4n) is 3.71. The molecule has 8 nitrogen and oxygen atoms in total. The summed E-state index contributed by atoms with van der Waals surface area (Å²) in [4.78, 5) is 26.9. The van der Waals surface area contributed by atoms with Gasteiger partial charge in [0, 0.05) is 38.0 Å². The molecule has 9 heteroatoms. The van der Waals surface area contributed by atoms with Gasteiger partial charge in [0.2, 0.25) is 11.8 Å². The van der Waals surface area contributed by atoms with E-state index in [0.29, 0.717) is 42.7 Å². The number of benzene rings is 2. The molecule has 0 bridgehead atoms. The Hall–Kier alpha value is -3.75. The van der Waals surface area contributed by atoms with Crippen LogP contribution in [0.15, 0.2) is 59.0 Å². The molecule has 4 rings (SSSR count). The van der Waals surface area contributed by atoms with E-state index in [1.807, 2.05) is 6.07 Å². The van der Waals surface area contributed by atoms with Gasteiger partial charge in [-0.25, -0.2) is 4.39 Å². The van der Waals surface area contributed by atoms with Crippen LogP contribution in [0.4, 0.5) is 4.39 Å². The summed E-state index contributed by atoms with van der Waals surface area (Å²) in [7, 11) is 0. The first-order chi connectivity index (χ1) is 15.5. The smallest absolute Gasteiger partial charge is 0.260 e. The molecule has 0 aliphatic carbocycles. The van der Waals surface area contributed by atoms with Gasteiger partial charge in [-0.2, -0.15) is 0 Å². The van der Waals surface area contributed by atoms with Gasteiger partial charge in [-0.15, -0.1) is 10.2 Å². The quantitative estimate of drug-likeness (QED) is 0.609. The van der Waals surface area contributed by atoms with Crippen LogP contribution in [0.5, 0.6) is 5.75 Å². The Labute approximate surface area is 184 Å². The van der Waals surface area contributed by atoms with Crippen molar-refractivity contribution >= 4 is 11.8 Å². The second kappa shape index (κ2) is 9.59. The molecule has 32 heavy (non-hydrogen) atoms. The molecule has 1 aliphatic rings. The first kappa shape index (κ1) is 21.5. The third-order valence-electron chi connectivity index (χ3n) is 5.39. The van der Waals surface area contributed by atoms with Gasteiger partial charge in [0.15, 0.2) is 6.61 Å². The fourth-order valence-corrected chi connectivity index (χ4v) is 3.71. The molecule has 2 atom stereocenters. The van der Waals surface area contributed by atoms with Crippen molar-refractivity contribution in [1.82, 2.24) is 20.4 Å². The van der Waals surface area contributed by atoms with Gasteiger partial charge in [0.25, 0.3) is 11.8 Å². The lowest BCUT2D eigenvalue weighted by atomic mass is 9.96. The van der Waals surface area contributed by atoms with E-state index in [2.05, 4.69) is 15.5 Å². The molecule has 0 unspecified atom stereocenters. The Kier molecular flexibility index (Phi) is 6.44. The molecule has 1 N–H and O–H groups in total. The van der Waals surface area contributed by atoms with Gasteiger partial charge in [-0.05, 0) is 36.4 Å². The summed E-state index contributed by atoms with van der Waals surface area (Å²) in [5.74, 6) is 0.214. The number of nitrogens with zero attached hydrogens (tertiary/aromatic N) is 3. The molecule has 1 aromatic heterocycles. The van der Waals surface area contributed by atoms with E-state index in [9.17, 15) is 14.0 Å². The number of aryl methyl sites for hydroxylation is 1. The lowest BCUT2D eigenvalue weighted by Crippen LogP contribution is -2.35. The summed E-state index contributed by atoms with van der Waals surface area (Å²) in [5, 5.41) is 11.0. The number of carbonyl (C=O) groups excluding carboxylic acids is 2. The SMILES string of the molecule is Cc1nnc([C@H]2CN(C(=O)COc3ccc(F)cc3)C[C@@H]2CNC(=O)c2ccccc2)o1. The number of amides is 2. The first-order valence-electron chi connectivity index (χ1n) is 10.3. The third-order valence-corrected chi connectivity index (χ3v) is 5.39. The van der Waals surface area contributed by atoms with Crippen molar-refractivity contribution in [3.05, 3.63) is 77.8 Å². The van der Waals surface area contributed by atoms with Gasteiger partial charge in [0.1, 0.15) is 11.6 Å². The summed E-state index contributed by atoms with van der Waals surface area (Å²) in [6.45, 7) is 2.66. The van der Waals surface area contributed by atoms with Crippen LogP contribution in [0.2, 0.25) is 0 Å². The molecule has 1 aliphatic heterocycles. The van der Waals surface area contributed by atoms with Crippen LogP contribution in [0.3, 0.4) is 0 Å². The minimum atomic E-state index is -0.374. The molecule has 1 saturated heterocycles. The zero-order chi connectivity index (χ0) is 22.5. The first-order valence-corrected chi connectivity index (χ1v) is 10.3. The number of rotatable bonds is 7. The maximum atomic E-state index is 13.0. The summed E-state index contributed by atoms with van der Waals surface area (Å²) >= 11 is 0. The van der Waals surface area contributed by atoms with Crippen LogP contribution in [0.25, 0.3) is 0 Å². The Bertz CT molecular complexity index is 1070. The number of aromatic nitrogens is 2. The number of hydrogen-bond donors (Lipinski definition) is 1. The number of likely N-dealkylation sites (tertiary alicyclic amines) is 1. The van der Waals surface area contributed by atoms with Crippen molar-refractivity contribution in [2.75, 3.05) is 26.2 Å². The normalized spacial score (nSPS) is 17.9. The summed E-state index contributed by atoms with van der Waals surface area (Å²) in [5.41, 5.74) is 0.566. The highest BCUT2D eigenvalue weighted by Gasteiger charge is 2.39. The summed E-state index contributed by atoms with van der Waals surface area (Å²) < 4.78 is 24.1. The molecule has 1 fully saturated rings. The highest BCUT2D eigenvalue weighted by molar-refractivity contribution is 5.94. The van der Waals surface area contributed by atoms with Crippen LogP contribution in [0, 0.1) is 18.7 Å². The number of nitrogens with one attached hydrogen (secondary N) is 1. The molecular formula is C23H23FN4O4. The van der Waals surface area contributed by atoms with E-state index in [-0.39, 0.29) is 36.1 Å². The number of carbonyl (C=O) groups is 2. The van der Waals surface area contributed by atoms with E-state index < -0.39 is 0 Å². The second-order valence-corrected chi connectivity index (χ2v) is 7.64. The van der Waals surface area contributed by atoms with Crippen molar-refractivity contribution in [1.29, 1.82) is 0 Å². The van der Waals surface area contributed by atoms with Gasteiger partial charge in [0.05, 0.1) is 5.92 Å². The van der Waals surface area contributed by atoms with Crippen molar-refractivity contribution in [2.45, 2.75) is 12.8 Å². The summed E-state index contributed by atoms with van der Waals surface area (Å²) in [6, 6.07) is 14.4. The van der Waals surface area contributed by atoms with Gasteiger partial charge < -0.3 is 19.4 Å². The van der Waals surface area contributed by atoms with Crippen molar-refractivity contribution in [3.8, 4) is 5.75 Å². The molecular weight excluding hydrogens is 415 g/mol. The number of hydrogen-bond acceptors (Lipinski definition) is 6. The largest absolute Gasteiger partial charge is 0.484 e. The van der Waals surface area contributed by atoms with Gasteiger partial charge in [-0.1, -0.05) is 18.2 Å². The van der Waals surface area contributed by atoms with E-state index in [0.717, 1.165) is 0 Å². The highest BCUT2D eigenvalue weighted by Crippen LogP contribution is 2.32. The van der Waals surface area contributed by atoms with E-state index in [1.54, 1.807) is 36.1 Å². The molecule has 166 valence electrons. The molecule has 0 radical (unpaired) electrons. The lowest BCUT2D eigenvalue weighted by molar-refractivity contribution is -0.132. The monoisotopic (exact) mass is 438 g/mol. The van der Waals surface area contributed by atoms with Crippen LogP contribution in [-0.2, 0) is 4.79 Å². The average Bonchev–Trinajstić information content (AvgIpc) is 3.43. The Morgan fingerprint density at radius 2 is 1.88 bits per heavy atom. The Morgan fingerprint density at radius 1 is 1.12 bits per heavy atom. The second-order valence-electron chi connectivity index (χ2n) is 7.64. The lowest BCUT2D eigenvalue weighted by Gasteiger charge is -2.17. The number of halogens is 1. The topological polar surface area (TPSA) is 97.6 Å². The minimum absolute atomic E-state index is 0.0997. The summed E-state index contributed by atoms with van der Waals surface area (Å²) in [6.07, 6.45) is 0. The molecule has 2 heterocycles. The zero-order valence-electron chi connectivity index (χ0n) is 17.5. The Balaban J connectivity index is 1.40. The van der Waals surface area contributed by atoms with E-state index in [1.165, 1.54) is 24.3 Å². The fraction of sp³-hybridized carbons (Fsp3) is 0.304. The van der Waals surface area contributed by atoms with Crippen LogP contribution >= 0.6 is 0 Å². The molecule has 2 amide bonds. The van der Waals surface area contributed by atoms with E-state index >= 15 is 0 Å². The average molecular weight is 438 g/mol. The van der Waals surface area contributed by atoms with E-state index in [4.69, 9.17) is 9.15 Å². The van der Waals surface area contributed by atoms with Gasteiger partial charge in [-0.3, -0.25) is 9.59 Å². The van der Waals surface area contributed by atoms with Crippen LogP contribution in [-0.4, -0.2) is 53.2 Å². The van der Waals surface area contributed by atoms with Gasteiger partial charge >= 0.3 is 0 Å². The highest BCUT2D eigenvalue weighted by atomic mass is 19.1. The number of ether oxygens (including phenoxy) is 1. The van der Waals surface area contributed by atoms with Crippen molar-refractivity contribution in [2.24, 2.45) is 5.92 Å². The Morgan fingerprint density at radius 3 is 2.56 bits per heavy atom. The van der Waals surface area contributed by atoms with Crippen LogP contribution < -0.4 is 10.1 Å². The third kappa shape index (κ3) is 5.11. The van der Waals surface area contributed by atoms with Crippen molar-refractivity contribution < 1.29 is 23.1 Å². The minimum Gasteiger partial charge on any atom is -0.484 e. The van der Waals surface area contributed by atoms with Crippen molar-refractivity contribution in [3.63, 3.8) is 0 Å².